The highest BCUT2D eigenvalue weighted by molar-refractivity contribution is 5.47. The van der Waals surface area contributed by atoms with Gasteiger partial charge in [0.15, 0.2) is 0 Å². The van der Waals surface area contributed by atoms with Crippen molar-refractivity contribution < 1.29 is 40.9 Å². The molecule has 1 aromatic carbocycles. The second-order valence-electron chi connectivity index (χ2n) is 4.55. The summed E-state index contributed by atoms with van der Waals surface area (Å²) in [5.74, 6) is -2.20. The van der Waals surface area contributed by atoms with Crippen molar-refractivity contribution in [3.05, 3.63) is 23.8 Å². The molecule has 0 aliphatic heterocycles. The number of alkyl halides is 6. The fourth-order valence-corrected chi connectivity index (χ4v) is 1.89. The Morgan fingerprint density at radius 1 is 0.952 bits per heavy atom. The highest BCUT2D eigenvalue weighted by Crippen LogP contribution is 2.48. The molecule has 1 aliphatic carbocycles. The van der Waals surface area contributed by atoms with Crippen LogP contribution in [0.4, 0.5) is 26.3 Å². The molecule has 0 aromatic heterocycles. The number of hydrogen-bond acceptors (Lipinski definition) is 3. The largest absolute Gasteiger partial charge is 0.573 e. The van der Waals surface area contributed by atoms with Crippen molar-refractivity contribution >= 4 is 0 Å². The van der Waals surface area contributed by atoms with Gasteiger partial charge >= 0.3 is 12.7 Å². The molecule has 1 fully saturated rings. The van der Waals surface area contributed by atoms with E-state index >= 15 is 0 Å². The number of halogens is 6. The van der Waals surface area contributed by atoms with Crippen molar-refractivity contribution in [2.75, 3.05) is 0 Å². The van der Waals surface area contributed by atoms with E-state index in [0.717, 1.165) is 18.2 Å². The Kier molecular flexibility index (Phi) is 3.96. The molecule has 0 spiro atoms. The zero-order valence-corrected chi connectivity index (χ0v) is 10.3. The summed E-state index contributed by atoms with van der Waals surface area (Å²) < 4.78 is 81.2. The van der Waals surface area contributed by atoms with Crippen molar-refractivity contribution in [2.45, 2.75) is 31.7 Å². The van der Waals surface area contributed by atoms with Crippen LogP contribution in [0.3, 0.4) is 0 Å². The summed E-state index contributed by atoms with van der Waals surface area (Å²) in [6.07, 6.45) is -10.7. The first-order valence-corrected chi connectivity index (χ1v) is 5.89. The van der Waals surface area contributed by atoms with Gasteiger partial charge in [-0.05, 0) is 30.9 Å². The average molecular weight is 316 g/mol. The Balaban J connectivity index is 2.41. The number of aliphatic hydroxyl groups excluding tert-OH is 1. The van der Waals surface area contributed by atoms with E-state index in [1.54, 1.807) is 0 Å². The quantitative estimate of drug-likeness (QED) is 0.856. The maximum atomic E-state index is 12.3. The molecule has 1 aliphatic rings. The molecular weight excluding hydrogens is 306 g/mol. The molecule has 0 heterocycles. The van der Waals surface area contributed by atoms with Crippen molar-refractivity contribution in [1.29, 1.82) is 0 Å². The van der Waals surface area contributed by atoms with E-state index in [0.29, 0.717) is 12.8 Å². The van der Waals surface area contributed by atoms with Crippen LogP contribution in [0.2, 0.25) is 0 Å². The summed E-state index contributed by atoms with van der Waals surface area (Å²) >= 11 is 0. The van der Waals surface area contributed by atoms with Gasteiger partial charge in [0.2, 0.25) is 0 Å². The molecular formula is C12H10F6O3. The predicted octanol–water partition coefficient (Wildman–Crippen LogP) is 3.93. The van der Waals surface area contributed by atoms with Gasteiger partial charge in [0, 0.05) is 0 Å². The summed E-state index contributed by atoms with van der Waals surface area (Å²) in [4.78, 5) is 0. The van der Waals surface area contributed by atoms with Crippen LogP contribution in [-0.2, 0) is 0 Å². The molecule has 1 atom stereocenters. The van der Waals surface area contributed by atoms with E-state index in [-0.39, 0.29) is 0 Å². The third-order valence-corrected chi connectivity index (χ3v) is 2.84. The number of rotatable bonds is 4. The third-order valence-electron chi connectivity index (χ3n) is 2.84. The molecule has 0 saturated heterocycles. The SMILES string of the molecule is OC(c1c(OC(F)(F)F)cccc1OC(F)(F)F)C1CC1. The minimum atomic E-state index is -5.09. The lowest BCUT2D eigenvalue weighted by atomic mass is 10.0. The van der Waals surface area contributed by atoms with Crippen LogP contribution in [0.15, 0.2) is 18.2 Å². The molecule has 1 N–H and O–H groups in total. The molecule has 0 bridgehead atoms. The predicted molar refractivity (Wildman–Crippen MR) is 57.5 cm³/mol. The molecule has 1 unspecified atom stereocenters. The highest BCUT2D eigenvalue weighted by Gasteiger charge is 2.40. The molecule has 118 valence electrons. The number of hydrogen-bond donors (Lipinski definition) is 1. The normalized spacial score (nSPS) is 17.5. The highest BCUT2D eigenvalue weighted by atomic mass is 19.4. The number of ether oxygens (including phenoxy) is 2. The summed E-state index contributed by atoms with van der Waals surface area (Å²) in [6.45, 7) is 0. The maximum Gasteiger partial charge on any atom is 0.573 e. The van der Waals surface area contributed by atoms with E-state index in [9.17, 15) is 31.4 Å². The zero-order chi connectivity index (χ0) is 15.8. The van der Waals surface area contributed by atoms with Gasteiger partial charge in [-0.3, -0.25) is 0 Å². The van der Waals surface area contributed by atoms with Crippen LogP contribution in [-0.4, -0.2) is 17.8 Å². The second-order valence-corrected chi connectivity index (χ2v) is 4.55. The van der Waals surface area contributed by atoms with Gasteiger partial charge in [0.1, 0.15) is 11.5 Å². The second kappa shape index (κ2) is 5.28. The summed E-state index contributed by atoms with van der Waals surface area (Å²) in [6, 6.07) is 2.58. The molecule has 0 amide bonds. The first-order valence-electron chi connectivity index (χ1n) is 5.89. The molecule has 1 aromatic rings. The van der Waals surface area contributed by atoms with Gasteiger partial charge in [-0.1, -0.05) is 6.07 Å². The maximum absolute atomic E-state index is 12.3. The summed E-state index contributed by atoms with van der Waals surface area (Å²) in [7, 11) is 0. The van der Waals surface area contributed by atoms with Crippen LogP contribution in [0.25, 0.3) is 0 Å². The smallest absolute Gasteiger partial charge is 0.405 e. The molecule has 1 saturated carbocycles. The Morgan fingerprint density at radius 3 is 1.71 bits per heavy atom. The van der Waals surface area contributed by atoms with E-state index in [4.69, 9.17) is 0 Å². The van der Waals surface area contributed by atoms with E-state index in [1.807, 2.05) is 0 Å². The zero-order valence-electron chi connectivity index (χ0n) is 10.3. The van der Waals surface area contributed by atoms with Crippen molar-refractivity contribution in [1.82, 2.24) is 0 Å². The molecule has 3 nitrogen and oxygen atoms in total. The van der Waals surface area contributed by atoms with E-state index < -0.39 is 41.8 Å². The van der Waals surface area contributed by atoms with E-state index in [2.05, 4.69) is 9.47 Å². The first kappa shape index (κ1) is 15.7. The topological polar surface area (TPSA) is 38.7 Å². The van der Waals surface area contributed by atoms with Crippen LogP contribution in [0.1, 0.15) is 24.5 Å². The van der Waals surface area contributed by atoms with Gasteiger partial charge in [-0.15, -0.1) is 26.3 Å². The summed E-state index contributed by atoms with van der Waals surface area (Å²) in [5, 5.41) is 9.92. The Labute approximate surface area is 115 Å². The average Bonchev–Trinajstić information content (AvgIpc) is 3.07. The molecule has 9 heteroatoms. The van der Waals surface area contributed by atoms with Gasteiger partial charge in [0.05, 0.1) is 11.7 Å². The van der Waals surface area contributed by atoms with Gasteiger partial charge in [0.25, 0.3) is 0 Å². The Morgan fingerprint density at radius 2 is 1.38 bits per heavy atom. The minimum absolute atomic E-state index is 0.404. The van der Waals surface area contributed by atoms with Crippen LogP contribution in [0.5, 0.6) is 11.5 Å². The first-order chi connectivity index (χ1) is 9.57. The molecule has 21 heavy (non-hydrogen) atoms. The third kappa shape index (κ3) is 4.42. The monoisotopic (exact) mass is 316 g/mol. The van der Waals surface area contributed by atoms with Crippen LogP contribution < -0.4 is 9.47 Å². The number of aliphatic hydroxyl groups is 1. The summed E-state index contributed by atoms with van der Waals surface area (Å²) in [5.41, 5.74) is -0.644. The van der Waals surface area contributed by atoms with Crippen LogP contribution >= 0.6 is 0 Å². The Bertz CT molecular complexity index is 472. The molecule has 2 rings (SSSR count). The Hall–Kier alpha value is -1.64. The van der Waals surface area contributed by atoms with Gasteiger partial charge < -0.3 is 14.6 Å². The fourth-order valence-electron chi connectivity index (χ4n) is 1.89. The lowest BCUT2D eigenvalue weighted by Gasteiger charge is -2.21. The van der Waals surface area contributed by atoms with Crippen molar-refractivity contribution in [2.24, 2.45) is 5.92 Å². The lowest BCUT2D eigenvalue weighted by molar-refractivity contribution is -0.277. The standard InChI is InChI=1S/C12H10F6O3/c13-11(14,15)20-7-2-1-3-8(21-12(16,17)18)9(7)10(19)6-4-5-6/h1-3,6,10,19H,4-5H2. The molecule has 0 radical (unpaired) electrons. The lowest BCUT2D eigenvalue weighted by Crippen LogP contribution is -2.22. The van der Waals surface area contributed by atoms with E-state index in [1.165, 1.54) is 0 Å². The van der Waals surface area contributed by atoms with Crippen LogP contribution in [0, 0.1) is 5.92 Å². The van der Waals surface area contributed by atoms with Crippen molar-refractivity contribution in [3.63, 3.8) is 0 Å². The minimum Gasteiger partial charge on any atom is -0.405 e. The van der Waals surface area contributed by atoms with Crippen molar-refractivity contribution in [3.8, 4) is 11.5 Å². The fraction of sp³-hybridized carbons (Fsp3) is 0.500. The van der Waals surface area contributed by atoms with Gasteiger partial charge in [-0.25, -0.2) is 0 Å². The number of benzene rings is 1. The van der Waals surface area contributed by atoms with Gasteiger partial charge in [-0.2, -0.15) is 0 Å².